The van der Waals surface area contributed by atoms with Gasteiger partial charge in [-0.1, -0.05) is 25.9 Å². The summed E-state index contributed by atoms with van der Waals surface area (Å²) >= 11 is 0. The first-order valence-electron chi connectivity index (χ1n) is 20.8. The molecule has 2 aromatic carbocycles. The number of methoxy groups -OCH3 is 1. The number of aliphatic hydroxyl groups is 1. The van der Waals surface area contributed by atoms with E-state index in [4.69, 9.17) is 31.4 Å². The van der Waals surface area contributed by atoms with Gasteiger partial charge in [0.2, 0.25) is 10.0 Å². The number of carbonyl (C=O) groups is 1. The molecule has 2 N–H and O–H groups in total. The molecule has 1 amide bonds. The van der Waals surface area contributed by atoms with Crippen LogP contribution in [0.15, 0.2) is 53.3 Å². The highest BCUT2D eigenvalue weighted by Gasteiger charge is 2.39. The zero-order valence-corrected chi connectivity index (χ0v) is 23.0. The normalized spacial score (nSPS) is 24.3. The van der Waals surface area contributed by atoms with Gasteiger partial charge in [-0.05, 0) is 88.6 Å². The molecular formula is C29H44N2O7S. The summed E-state index contributed by atoms with van der Waals surface area (Å²) in [5, 5.41) is 22.7. The van der Waals surface area contributed by atoms with Crippen molar-refractivity contribution in [1.29, 1.82) is 0 Å². The van der Waals surface area contributed by atoms with Crippen molar-refractivity contribution in [1.82, 2.24) is 9.21 Å². The van der Waals surface area contributed by atoms with Gasteiger partial charge < -0.3 is 19.7 Å². The fourth-order valence-corrected chi connectivity index (χ4v) is 4.39. The lowest BCUT2D eigenvalue weighted by Crippen LogP contribution is -2.58. The Morgan fingerprint density at radius 3 is 2.26 bits per heavy atom. The number of rotatable bonds is 13. The summed E-state index contributed by atoms with van der Waals surface area (Å²) in [7, 11) is -4.46. The van der Waals surface area contributed by atoms with Gasteiger partial charge in [-0.15, -0.1) is 0 Å². The standard InChI is InChI=1S/C29H44N2O7S/c1-20(2)18-30(39(35,36)25-15-13-23(37-8)14-16-25)19-27(32)26(31(28(33)34)29(5,6)7)17-22-9-11-24(12-10-22)38-21(3)4/h9-16,20-21,26-27,32H,17-19H2,1-8H3,(H,33,34)/t26-,27+/m0/s1/i3D3,4D3,9D,10D,11D,12D,13D,15D,17D2,19D2,21D,26D,27D. The maximum atomic E-state index is 14.3. The van der Waals surface area contributed by atoms with Gasteiger partial charge in [0.25, 0.3) is 0 Å². The summed E-state index contributed by atoms with van der Waals surface area (Å²) in [6.07, 6.45) is -15.5. The number of hydrogen-bond donors (Lipinski definition) is 2. The summed E-state index contributed by atoms with van der Waals surface area (Å²) in [5.41, 5.74) is -3.88. The third kappa shape index (κ3) is 9.12. The highest BCUT2D eigenvalue weighted by Crippen LogP contribution is 2.27. The summed E-state index contributed by atoms with van der Waals surface area (Å²) in [6, 6.07) is -11.3. The van der Waals surface area contributed by atoms with Gasteiger partial charge in [0.05, 0.1) is 42.5 Å². The van der Waals surface area contributed by atoms with E-state index in [0.717, 1.165) is 40.0 Å². The van der Waals surface area contributed by atoms with Crippen molar-refractivity contribution < 1.29 is 58.9 Å². The van der Waals surface area contributed by atoms with Crippen LogP contribution in [0.5, 0.6) is 11.5 Å². The van der Waals surface area contributed by atoms with E-state index < -0.39 is 131 Å². The summed E-state index contributed by atoms with van der Waals surface area (Å²) < 4.78 is 198. The molecule has 0 saturated carbocycles. The first-order chi connectivity index (χ1) is 25.6. The Kier molecular flexibility index (Phi) is 4.91. The SMILES string of the molecule is [2H]c1c(OC)ccc(S(=O)(=O)N(CC(C)C)C([2H])([2H])[C@@]([2H])(O)[C@@]([2H])(N(C(=O)O)C(C)(C)C)C([2H])([2H])c2c([2H])c([2H])c(OC([2H])(C([2H])([2H])[2H])C([2H])([2H])[2H])c([2H])c2[2H])c1[2H]. The Labute approximate surface area is 260 Å². The fraction of sp³-hybridized carbons (Fsp3) is 0.552. The van der Waals surface area contributed by atoms with Crippen LogP contribution in [0.3, 0.4) is 0 Å². The molecule has 0 aliphatic carbocycles. The number of hydrogen-bond acceptors (Lipinski definition) is 6. The molecule has 0 bridgehead atoms. The van der Waals surface area contributed by atoms with Gasteiger partial charge in [0.1, 0.15) is 11.5 Å². The highest BCUT2D eigenvalue weighted by molar-refractivity contribution is 7.89. The van der Waals surface area contributed by atoms with Crippen LogP contribution in [0.4, 0.5) is 4.79 Å². The van der Waals surface area contributed by atoms with Gasteiger partial charge in [-0.3, -0.25) is 4.90 Å². The Morgan fingerprint density at radius 2 is 1.74 bits per heavy atom. The minimum absolute atomic E-state index is 0.248. The van der Waals surface area contributed by atoms with E-state index in [1.807, 2.05) is 0 Å². The molecule has 2 atom stereocenters. The predicted molar refractivity (Wildman–Crippen MR) is 152 cm³/mol. The molecule has 0 radical (unpaired) electrons. The minimum atomic E-state index is -5.56. The first kappa shape index (κ1) is 14.2. The van der Waals surface area contributed by atoms with Gasteiger partial charge in [0, 0.05) is 32.3 Å². The smallest absolute Gasteiger partial charge is 0.408 e. The van der Waals surface area contributed by atoms with E-state index in [1.54, 1.807) is 0 Å². The Morgan fingerprint density at radius 1 is 1.13 bits per heavy atom. The second kappa shape index (κ2) is 13.5. The van der Waals surface area contributed by atoms with Crippen molar-refractivity contribution in [2.45, 2.75) is 83.3 Å². The average molecular weight is 584 g/mol. The molecule has 0 unspecified atom stereocenters. The van der Waals surface area contributed by atoms with Crippen LogP contribution in [0.1, 0.15) is 79.9 Å². The van der Waals surface area contributed by atoms with Gasteiger partial charge in [0.15, 0.2) is 0 Å². The van der Waals surface area contributed by atoms with E-state index in [-0.39, 0.29) is 15.0 Å². The highest BCUT2D eigenvalue weighted by atomic mass is 32.2. The Balaban J connectivity index is 3.26. The summed E-state index contributed by atoms with van der Waals surface area (Å²) in [5.74, 6) is -2.76. The van der Waals surface area contributed by atoms with Crippen molar-refractivity contribution in [3.63, 3.8) is 0 Å². The van der Waals surface area contributed by atoms with E-state index >= 15 is 0 Å². The summed E-state index contributed by atoms with van der Waals surface area (Å²) in [4.78, 5) is 11.7. The molecule has 0 aromatic heterocycles. The maximum absolute atomic E-state index is 14.3. The third-order valence-corrected chi connectivity index (χ3v) is 6.22. The molecule has 0 fully saturated rings. The van der Waals surface area contributed by atoms with Gasteiger partial charge in [-0.2, -0.15) is 4.31 Å². The van der Waals surface area contributed by atoms with Crippen LogP contribution in [0, 0.1) is 5.92 Å². The number of carboxylic acid groups (broad SMARTS) is 1. The van der Waals surface area contributed by atoms with E-state index in [2.05, 4.69) is 0 Å². The molecule has 0 aliphatic rings. The number of sulfonamides is 1. The molecule has 9 nitrogen and oxygen atoms in total. The van der Waals surface area contributed by atoms with Crippen LogP contribution in [0.25, 0.3) is 0 Å². The molecule has 10 heteroatoms. The largest absolute Gasteiger partial charge is 0.497 e. The van der Waals surface area contributed by atoms with Crippen molar-refractivity contribution in [3.8, 4) is 11.5 Å². The number of ether oxygens (including phenoxy) is 2. The minimum Gasteiger partial charge on any atom is -0.497 e. The van der Waals surface area contributed by atoms with Crippen molar-refractivity contribution in [2.24, 2.45) is 5.92 Å². The van der Waals surface area contributed by atoms with Crippen LogP contribution >= 0.6 is 0 Å². The molecule has 2 aromatic rings. The van der Waals surface area contributed by atoms with Crippen molar-refractivity contribution in [2.75, 3.05) is 20.2 Å². The second-order valence-corrected chi connectivity index (χ2v) is 11.1. The monoisotopic (exact) mass is 583 g/mol. The van der Waals surface area contributed by atoms with E-state index in [9.17, 15) is 27.5 Å². The van der Waals surface area contributed by atoms with Crippen LogP contribution < -0.4 is 9.47 Å². The lowest BCUT2D eigenvalue weighted by atomic mass is 9.94. The molecule has 0 saturated heterocycles. The van der Waals surface area contributed by atoms with Crippen molar-refractivity contribution in [3.05, 3.63) is 54.0 Å². The fourth-order valence-electron chi connectivity index (χ4n) is 3.03. The number of amides is 1. The van der Waals surface area contributed by atoms with Gasteiger partial charge in [-0.25, -0.2) is 13.2 Å². The van der Waals surface area contributed by atoms with Crippen LogP contribution in [-0.2, 0) is 16.4 Å². The quantitative estimate of drug-likeness (QED) is 0.345. The Bertz CT molecular complexity index is 1980. The number of benzene rings is 2. The van der Waals surface area contributed by atoms with Crippen molar-refractivity contribution >= 4 is 16.1 Å². The Hall–Kier alpha value is -2.82. The molecule has 0 aliphatic heterocycles. The lowest BCUT2D eigenvalue weighted by molar-refractivity contribution is 0.000532. The maximum Gasteiger partial charge on any atom is 0.408 e. The summed E-state index contributed by atoms with van der Waals surface area (Å²) in [6.45, 7) is -7.49. The van der Waals surface area contributed by atoms with E-state index in [1.165, 1.54) is 13.8 Å². The zero-order valence-electron chi connectivity index (χ0n) is 41.2. The lowest BCUT2D eigenvalue weighted by Gasteiger charge is -2.42. The van der Waals surface area contributed by atoms with Crippen LogP contribution in [-0.4, -0.2) is 77.8 Å². The molecule has 0 heterocycles. The predicted octanol–water partition coefficient (Wildman–Crippen LogP) is 4.88. The second-order valence-electron chi connectivity index (χ2n) is 9.30. The molecule has 39 heavy (non-hydrogen) atoms. The molecule has 218 valence electrons. The zero-order chi connectivity index (χ0) is 46.1. The molecule has 0 spiro atoms. The van der Waals surface area contributed by atoms with E-state index in [0.29, 0.717) is 0 Å². The number of nitrogens with zero attached hydrogens (tertiary/aromatic N) is 2. The third-order valence-electron chi connectivity index (χ3n) is 4.60. The average Bonchev–Trinajstić information content (AvgIpc) is 3.03. The van der Waals surface area contributed by atoms with Gasteiger partial charge >= 0.3 is 6.09 Å². The topological polar surface area (TPSA) is 117 Å². The molecule has 2 rings (SSSR count). The van der Waals surface area contributed by atoms with Crippen LogP contribution in [0.2, 0.25) is 0 Å². The molecular weight excluding hydrogens is 520 g/mol. The first-order valence-corrected chi connectivity index (χ1v) is 12.8.